The van der Waals surface area contributed by atoms with Crippen molar-refractivity contribution in [1.82, 2.24) is 9.55 Å². The Morgan fingerprint density at radius 3 is 2.43 bits per heavy atom. The van der Waals surface area contributed by atoms with E-state index in [2.05, 4.69) is 10.3 Å². The lowest BCUT2D eigenvalue weighted by Gasteiger charge is -2.13. The Hall–Kier alpha value is -4.06. The number of hydrogen-bond acceptors (Lipinski definition) is 4. The summed E-state index contributed by atoms with van der Waals surface area (Å²) >= 11 is 0. The molecule has 4 aromatic rings. The average Bonchev–Trinajstić information content (AvgIpc) is 2.76. The summed E-state index contributed by atoms with van der Waals surface area (Å²) in [5, 5.41) is 3.53. The molecule has 0 bridgehead atoms. The molecular formula is C24H19N3O3. The first kappa shape index (κ1) is 19.3. The molecule has 6 heteroatoms. The Labute approximate surface area is 172 Å². The molecular weight excluding hydrogens is 378 g/mol. The van der Waals surface area contributed by atoms with Gasteiger partial charge in [-0.1, -0.05) is 60.7 Å². The number of ketones is 1. The number of anilines is 1. The molecule has 1 aromatic heterocycles. The van der Waals surface area contributed by atoms with Crippen molar-refractivity contribution in [1.29, 1.82) is 0 Å². The van der Waals surface area contributed by atoms with Gasteiger partial charge in [-0.15, -0.1) is 0 Å². The highest BCUT2D eigenvalue weighted by atomic mass is 16.2. The van der Waals surface area contributed by atoms with Crippen LogP contribution in [0.3, 0.4) is 0 Å². The molecule has 6 nitrogen and oxygen atoms in total. The summed E-state index contributed by atoms with van der Waals surface area (Å²) in [5.41, 5.74) is 2.55. The third-order valence-corrected chi connectivity index (χ3v) is 4.79. The van der Waals surface area contributed by atoms with Crippen LogP contribution in [-0.2, 0) is 11.3 Å². The molecule has 0 saturated heterocycles. The van der Waals surface area contributed by atoms with Gasteiger partial charge in [-0.25, -0.2) is 4.79 Å². The van der Waals surface area contributed by atoms with E-state index in [4.69, 9.17) is 0 Å². The molecule has 148 valence electrons. The van der Waals surface area contributed by atoms with Gasteiger partial charge in [0.25, 0.3) is 0 Å². The van der Waals surface area contributed by atoms with Gasteiger partial charge < -0.3 is 5.32 Å². The number of rotatable bonds is 5. The maximum atomic E-state index is 12.8. The van der Waals surface area contributed by atoms with Crippen molar-refractivity contribution in [2.45, 2.75) is 13.5 Å². The van der Waals surface area contributed by atoms with Gasteiger partial charge in [-0.3, -0.25) is 14.2 Å². The van der Waals surface area contributed by atoms with E-state index in [9.17, 15) is 14.4 Å². The summed E-state index contributed by atoms with van der Waals surface area (Å²) in [7, 11) is 0. The molecule has 0 unspecified atom stereocenters. The van der Waals surface area contributed by atoms with Crippen molar-refractivity contribution < 1.29 is 9.59 Å². The highest BCUT2D eigenvalue weighted by Crippen LogP contribution is 2.25. The molecule has 0 radical (unpaired) electrons. The van der Waals surface area contributed by atoms with Crippen molar-refractivity contribution >= 4 is 28.3 Å². The second kappa shape index (κ2) is 8.13. The molecule has 0 atom stereocenters. The van der Waals surface area contributed by atoms with E-state index in [1.807, 2.05) is 48.5 Å². The first-order chi connectivity index (χ1) is 14.5. The van der Waals surface area contributed by atoms with E-state index in [-0.39, 0.29) is 18.2 Å². The minimum absolute atomic E-state index is 0.0889. The molecule has 0 aliphatic carbocycles. The van der Waals surface area contributed by atoms with Gasteiger partial charge in [-0.05, 0) is 25.1 Å². The highest BCUT2D eigenvalue weighted by Gasteiger charge is 2.14. The minimum atomic E-state index is -0.500. The molecule has 0 spiro atoms. The maximum absolute atomic E-state index is 12.8. The fraction of sp³-hybridized carbons (Fsp3) is 0.0833. The third-order valence-electron chi connectivity index (χ3n) is 4.79. The number of para-hydroxylation sites is 1. The summed E-state index contributed by atoms with van der Waals surface area (Å²) in [6.07, 6.45) is 0. The molecule has 0 aliphatic heterocycles. The van der Waals surface area contributed by atoms with Crippen LogP contribution < -0.4 is 11.0 Å². The lowest BCUT2D eigenvalue weighted by molar-refractivity contribution is -0.116. The van der Waals surface area contributed by atoms with Gasteiger partial charge in [0.05, 0.1) is 11.2 Å². The van der Waals surface area contributed by atoms with Crippen molar-refractivity contribution in [2.75, 3.05) is 5.32 Å². The lowest BCUT2D eigenvalue weighted by atomic mass is 10.1. The van der Waals surface area contributed by atoms with Crippen LogP contribution in [0.5, 0.6) is 0 Å². The Morgan fingerprint density at radius 2 is 1.67 bits per heavy atom. The largest absolute Gasteiger partial charge is 0.349 e. The molecule has 0 aliphatic rings. The smallest absolute Gasteiger partial charge is 0.325 e. The molecule has 1 N–H and O–H groups in total. The van der Waals surface area contributed by atoms with Crippen molar-refractivity contribution in [2.24, 2.45) is 0 Å². The van der Waals surface area contributed by atoms with Crippen LogP contribution in [0.1, 0.15) is 17.3 Å². The van der Waals surface area contributed by atoms with Crippen LogP contribution in [0.25, 0.3) is 22.2 Å². The molecule has 1 amide bonds. The van der Waals surface area contributed by atoms with Gasteiger partial charge in [0.15, 0.2) is 5.78 Å². The Morgan fingerprint density at radius 1 is 0.933 bits per heavy atom. The predicted molar refractivity (Wildman–Crippen MR) is 117 cm³/mol. The maximum Gasteiger partial charge on any atom is 0.349 e. The molecule has 0 saturated carbocycles. The molecule has 4 rings (SSSR count). The predicted octanol–water partition coefficient (Wildman–Crippen LogP) is 3.90. The first-order valence-electron chi connectivity index (χ1n) is 9.49. The van der Waals surface area contributed by atoms with Gasteiger partial charge in [0.2, 0.25) is 5.91 Å². The molecule has 30 heavy (non-hydrogen) atoms. The van der Waals surface area contributed by atoms with Crippen LogP contribution in [0.2, 0.25) is 0 Å². The summed E-state index contributed by atoms with van der Waals surface area (Å²) in [4.78, 5) is 41.2. The van der Waals surface area contributed by atoms with Crippen LogP contribution in [0.4, 0.5) is 5.69 Å². The monoisotopic (exact) mass is 397 g/mol. The van der Waals surface area contributed by atoms with E-state index in [1.165, 1.54) is 11.5 Å². The van der Waals surface area contributed by atoms with Gasteiger partial charge in [0, 0.05) is 22.2 Å². The number of hydrogen-bond donors (Lipinski definition) is 1. The molecule has 3 aromatic carbocycles. The van der Waals surface area contributed by atoms with E-state index in [1.54, 1.807) is 30.3 Å². The minimum Gasteiger partial charge on any atom is -0.325 e. The Bertz CT molecular complexity index is 1310. The van der Waals surface area contributed by atoms with Gasteiger partial charge in [0.1, 0.15) is 6.54 Å². The summed E-state index contributed by atoms with van der Waals surface area (Å²) in [5.74, 6) is -0.466. The topological polar surface area (TPSA) is 81.1 Å². The fourth-order valence-electron chi connectivity index (χ4n) is 3.36. The quantitative estimate of drug-likeness (QED) is 0.518. The first-order valence-corrected chi connectivity index (χ1v) is 9.49. The summed E-state index contributed by atoms with van der Waals surface area (Å²) in [6.45, 7) is 1.28. The van der Waals surface area contributed by atoms with E-state index in [0.717, 1.165) is 10.9 Å². The number of nitrogens with one attached hydrogen (secondary N) is 1. The number of fused-ring (bicyclic) bond motifs is 1. The van der Waals surface area contributed by atoms with E-state index >= 15 is 0 Å². The second-order valence-electron chi connectivity index (χ2n) is 6.90. The number of amides is 1. The standard InChI is InChI=1S/C24H19N3O3/c1-16(28)18-10-7-11-19(14-18)25-22(29)15-27-21-13-6-5-12-20(21)23(26-24(27)30)17-8-3-2-4-9-17/h2-14H,15H2,1H3,(H,25,29). The lowest BCUT2D eigenvalue weighted by Crippen LogP contribution is -2.30. The highest BCUT2D eigenvalue weighted by molar-refractivity contribution is 5.98. The second-order valence-corrected chi connectivity index (χ2v) is 6.90. The van der Waals surface area contributed by atoms with Gasteiger partial charge in [-0.2, -0.15) is 4.98 Å². The van der Waals surface area contributed by atoms with Crippen LogP contribution in [-0.4, -0.2) is 21.2 Å². The number of benzene rings is 3. The summed E-state index contributed by atoms with van der Waals surface area (Å²) in [6, 6.07) is 23.5. The number of carbonyl (C=O) groups is 2. The van der Waals surface area contributed by atoms with Crippen LogP contribution in [0, 0.1) is 0 Å². The van der Waals surface area contributed by atoms with Gasteiger partial charge >= 0.3 is 5.69 Å². The van der Waals surface area contributed by atoms with Crippen LogP contribution >= 0.6 is 0 Å². The SMILES string of the molecule is CC(=O)c1cccc(NC(=O)Cn2c(=O)nc(-c3ccccc3)c3ccccc32)c1. The Kier molecular flexibility index (Phi) is 5.22. The number of Topliss-reactive ketones (excluding diaryl/α,β-unsaturated/α-hetero) is 1. The summed E-state index contributed by atoms with van der Waals surface area (Å²) < 4.78 is 1.35. The number of aromatic nitrogens is 2. The zero-order chi connectivity index (χ0) is 21.1. The number of nitrogens with zero attached hydrogens (tertiary/aromatic N) is 2. The fourth-order valence-corrected chi connectivity index (χ4v) is 3.36. The zero-order valence-corrected chi connectivity index (χ0v) is 16.3. The normalized spacial score (nSPS) is 10.7. The van der Waals surface area contributed by atoms with Crippen molar-refractivity contribution in [3.05, 3.63) is 94.9 Å². The van der Waals surface area contributed by atoms with E-state index in [0.29, 0.717) is 22.5 Å². The average molecular weight is 397 g/mol. The third kappa shape index (κ3) is 3.89. The molecule has 0 fully saturated rings. The van der Waals surface area contributed by atoms with Crippen molar-refractivity contribution in [3.63, 3.8) is 0 Å². The Balaban J connectivity index is 1.69. The number of carbonyl (C=O) groups excluding carboxylic acids is 2. The van der Waals surface area contributed by atoms with Crippen molar-refractivity contribution in [3.8, 4) is 11.3 Å². The molecule has 1 heterocycles. The van der Waals surface area contributed by atoms with Crippen LogP contribution in [0.15, 0.2) is 83.7 Å². The van der Waals surface area contributed by atoms with E-state index < -0.39 is 5.69 Å². The zero-order valence-electron chi connectivity index (χ0n) is 16.3.